The highest BCUT2D eigenvalue weighted by Gasteiger charge is 2.24. The number of hydrogen-bond donors (Lipinski definition) is 1. The van der Waals surface area contributed by atoms with Crippen LogP contribution in [0.5, 0.6) is 0 Å². The molecule has 1 aromatic carbocycles. The van der Waals surface area contributed by atoms with Crippen LogP contribution < -0.4 is 5.43 Å². The van der Waals surface area contributed by atoms with E-state index in [1.165, 1.54) is 16.7 Å². The maximum absolute atomic E-state index is 12.7. The van der Waals surface area contributed by atoms with Gasteiger partial charge >= 0.3 is 0 Å². The van der Waals surface area contributed by atoms with Crippen molar-refractivity contribution in [3.63, 3.8) is 0 Å². The first-order valence-corrected chi connectivity index (χ1v) is 9.06. The van der Waals surface area contributed by atoms with E-state index in [4.69, 9.17) is 5.26 Å². The number of benzene rings is 1. The summed E-state index contributed by atoms with van der Waals surface area (Å²) in [6.07, 6.45) is 1.41. The predicted molar refractivity (Wildman–Crippen MR) is 91.0 cm³/mol. The monoisotopic (exact) mass is 345 g/mol. The van der Waals surface area contributed by atoms with Gasteiger partial charge in [0.05, 0.1) is 5.75 Å². The third-order valence-corrected chi connectivity index (χ3v) is 4.66. The van der Waals surface area contributed by atoms with Gasteiger partial charge in [0.25, 0.3) is 0 Å². The fourth-order valence-electron chi connectivity index (χ4n) is 2.03. The molecule has 8 heteroatoms. The molecule has 0 atom stereocenters. The third-order valence-electron chi connectivity index (χ3n) is 3.05. The number of sulfonamides is 1. The predicted octanol–water partition coefficient (Wildman–Crippen LogP) is 2.16. The Morgan fingerprint density at radius 3 is 2.58 bits per heavy atom. The summed E-state index contributed by atoms with van der Waals surface area (Å²) >= 11 is 0. The van der Waals surface area contributed by atoms with E-state index in [0.717, 1.165) is 0 Å². The molecule has 0 aliphatic heterocycles. The summed E-state index contributed by atoms with van der Waals surface area (Å²) in [5.74, 6) is 0.230. The fraction of sp³-hybridized carbons (Fsp3) is 0.312. The lowest BCUT2D eigenvalue weighted by atomic mass is 10.2. The minimum atomic E-state index is -3.61. The van der Waals surface area contributed by atoms with Crippen LogP contribution in [-0.4, -0.2) is 29.3 Å². The molecule has 1 aromatic heterocycles. The van der Waals surface area contributed by atoms with E-state index in [1.807, 2.05) is 26.0 Å². The zero-order valence-corrected chi connectivity index (χ0v) is 14.4. The molecule has 0 aliphatic carbocycles. The minimum Gasteiger partial charge on any atom is -0.289 e. The summed E-state index contributed by atoms with van der Waals surface area (Å²) in [7, 11) is -3.61. The van der Waals surface area contributed by atoms with Gasteiger partial charge in [-0.3, -0.25) is 5.43 Å². The number of anilines is 1. The van der Waals surface area contributed by atoms with Crippen molar-refractivity contribution in [2.45, 2.75) is 19.6 Å². The summed E-state index contributed by atoms with van der Waals surface area (Å²) in [6.45, 7) is 4.13. The Hall–Kier alpha value is -2.50. The number of aromatic nitrogens is 2. The quantitative estimate of drug-likeness (QED) is 0.772. The van der Waals surface area contributed by atoms with Crippen molar-refractivity contribution in [1.29, 1.82) is 5.26 Å². The highest BCUT2D eigenvalue weighted by atomic mass is 32.2. The second-order valence-corrected chi connectivity index (χ2v) is 7.55. The molecule has 7 nitrogen and oxygen atoms in total. The molecular formula is C16H19N5O2S. The zero-order valence-electron chi connectivity index (χ0n) is 13.5. The van der Waals surface area contributed by atoms with Crippen LogP contribution >= 0.6 is 0 Å². The van der Waals surface area contributed by atoms with Crippen LogP contribution in [0.1, 0.15) is 25.2 Å². The van der Waals surface area contributed by atoms with Gasteiger partial charge in [0, 0.05) is 18.8 Å². The normalized spacial score (nSPS) is 11.5. The minimum absolute atomic E-state index is 0.0232. The molecule has 0 aliphatic rings. The number of hydrogen-bond acceptors (Lipinski definition) is 6. The largest absolute Gasteiger partial charge is 0.289 e. The van der Waals surface area contributed by atoms with Gasteiger partial charge in [-0.25, -0.2) is 18.4 Å². The van der Waals surface area contributed by atoms with Crippen LogP contribution in [0, 0.1) is 17.2 Å². The molecule has 0 spiro atoms. The molecule has 0 saturated carbocycles. The number of rotatable bonds is 7. The number of nitriles is 1. The lowest BCUT2D eigenvalue weighted by Crippen LogP contribution is -2.40. The molecule has 0 bridgehead atoms. The van der Waals surface area contributed by atoms with E-state index in [0.29, 0.717) is 5.56 Å². The molecule has 0 fully saturated rings. The van der Waals surface area contributed by atoms with Gasteiger partial charge in [0.15, 0.2) is 0 Å². The third kappa shape index (κ3) is 5.01. The Bertz CT molecular complexity index is 816. The van der Waals surface area contributed by atoms with Gasteiger partial charge in [-0.05, 0) is 11.5 Å². The molecule has 2 rings (SSSR count). The van der Waals surface area contributed by atoms with Crippen LogP contribution in [0.4, 0.5) is 5.82 Å². The van der Waals surface area contributed by atoms with Gasteiger partial charge in [-0.2, -0.15) is 5.26 Å². The first kappa shape index (κ1) is 17.8. The Labute approximate surface area is 142 Å². The number of hydrazine groups is 1. The van der Waals surface area contributed by atoms with Gasteiger partial charge in [0.1, 0.15) is 11.9 Å². The van der Waals surface area contributed by atoms with E-state index in [1.54, 1.807) is 24.3 Å². The summed E-state index contributed by atoms with van der Waals surface area (Å²) in [5.41, 5.74) is 3.49. The molecule has 0 unspecified atom stereocenters. The average molecular weight is 345 g/mol. The van der Waals surface area contributed by atoms with Crippen LogP contribution in [0.3, 0.4) is 0 Å². The maximum Gasteiger partial charge on any atom is 0.235 e. The van der Waals surface area contributed by atoms with Crippen molar-refractivity contribution in [2.24, 2.45) is 5.92 Å². The van der Waals surface area contributed by atoms with E-state index in [-0.39, 0.29) is 29.9 Å². The zero-order chi connectivity index (χ0) is 17.6. The molecule has 1 N–H and O–H groups in total. The van der Waals surface area contributed by atoms with Crippen molar-refractivity contribution in [2.75, 3.05) is 12.0 Å². The van der Waals surface area contributed by atoms with Crippen LogP contribution in [0.15, 0.2) is 42.6 Å². The van der Waals surface area contributed by atoms with Crippen molar-refractivity contribution >= 4 is 15.8 Å². The highest BCUT2D eigenvalue weighted by molar-refractivity contribution is 7.88. The smallest absolute Gasteiger partial charge is 0.235 e. The molecule has 126 valence electrons. The average Bonchev–Trinajstić information content (AvgIpc) is 2.54. The van der Waals surface area contributed by atoms with Gasteiger partial charge in [-0.15, -0.1) is 4.41 Å². The topological polar surface area (TPSA) is 99.0 Å². The van der Waals surface area contributed by atoms with Gasteiger partial charge < -0.3 is 0 Å². The Morgan fingerprint density at radius 2 is 1.96 bits per heavy atom. The maximum atomic E-state index is 12.7. The van der Waals surface area contributed by atoms with E-state index in [9.17, 15) is 8.42 Å². The van der Waals surface area contributed by atoms with Crippen molar-refractivity contribution in [3.8, 4) is 6.07 Å². The molecule has 1 heterocycles. The summed E-state index contributed by atoms with van der Waals surface area (Å²) < 4.78 is 26.7. The van der Waals surface area contributed by atoms with E-state index >= 15 is 0 Å². The SMILES string of the molecule is CC(C)CN(Nc1ccnc(C#N)n1)S(=O)(=O)Cc1ccccc1. The number of nitrogens with one attached hydrogen (secondary N) is 1. The Kier molecular flexibility index (Phi) is 5.84. The second-order valence-electron chi connectivity index (χ2n) is 5.66. The molecule has 0 amide bonds. The van der Waals surface area contributed by atoms with E-state index in [2.05, 4.69) is 15.4 Å². The summed E-state index contributed by atoms with van der Waals surface area (Å²) in [6, 6.07) is 12.3. The van der Waals surface area contributed by atoms with Crippen LogP contribution in [0.2, 0.25) is 0 Å². The van der Waals surface area contributed by atoms with Crippen LogP contribution in [0.25, 0.3) is 0 Å². The first-order chi connectivity index (χ1) is 11.4. The van der Waals surface area contributed by atoms with Gasteiger partial charge in [0.2, 0.25) is 15.8 Å². The van der Waals surface area contributed by atoms with Gasteiger partial charge in [-0.1, -0.05) is 44.2 Å². The standard InChI is InChI=1S/C16H19N5O2S/c1-13(2)11-21(20-15-8-9-18-16(10-17)19-15)24(22,23)12-14-6-4-3-5-7-14/h3-9,13H,11-12H2,1-2H3,(H,18,19,20). The van der Waals surface area contributed by atoms with E-state index < -0.39 is 10.0 Å². The summed E-state index contributed by atoms with van der Waals surface area (Å²) in [4.78, 5) is 7.75. The lowest BCUT2D eigenvalue weighted by Gasteiger charge is -2.25. The molecule has 2 aromatic rings. The second kappa shape index (κ2) is 7.86. The van der Waals surface area contributed by atoms with Crippen molar-refractivity contribution < 1.29 is 8.42 Å². The molecule has 24 heavy (non-hydrogen) atoms. The van der Waals surface area contributed by atoms with Crippen molar-refractivity contribution in [3.05, 3.63) is 54.0 Å². The Morgan fingerprint density at radius 1 is 1.25 bits per heavy atom. The highest BCUT2D eigenvalue weighted by Crippen LogP contribution is 2.15. The Balaban J connectivity index is 2.25. The summed E-state index contributed by atoms with van der Waals surface area (Å²) in [5, 5.41) is 8.86. The van der Waals surface area contributed by atoms with Crippen LogP contribution in [-0.2, 0) is 15.8 Å². The fourth-order valence-corrected chi connectivity index (χ4v) is 3.55. The lowest BCUT2D eigenvalue weighted by molar-refractivity contribution is 0.411. The number of nitrogens with zero attached hydrogens (tertiary/aromatic N) is 4. The van der Waals surface area contributed by atoms with Crippen molar-refractivity contribution in [1.82, 2.24) is 14.4 Å². The first-order valence-electron chi connectivity index (χ1n) is 7.45. The molecular weight excluding hydrogens is 326 g/mol. The molecule has 0 saturated heterocycles. The molecule has 0 radical (unpaired) electrons.